The maximum Gasteiger partial charge on any atom is 0.186 e. The van der Waals surface area contributed by atoms with Gasteiger partial charge in [-0.1, -0.05) is 0 Å². The van der Waals surface area contributed by atoms with Crippen LogP contribution in [0.2, 0.25) is 0 Å². The third-order valence-electron chi connectivity index (χ3n) is 2.23. The van der Waals surface area contributed by atoms with E-state index >= 15 is 0 Å². The first-order valence-corrected chi connectivity index (χ1v) is 5.74. The Hall–Kier alpha value is -0.840. The van der Waals surface area contributed by atoms with Gasteiger partial charge in [-0.2, -0.15) is 11.8 Å². The molecule has 0 bridgehead atoms. The van der Waals surface area contributed by atoms with Gasteiger partial charge in [0.15, 0.2) is 11.6 Å². The number of thioether (sulfide) groups is 1. The van der Waals surface area contributed by atoms with Crippen molar-refractivity contribution in [3.8, 4) is 0 Å². The molecule has 1 unspecified atom stereocenters. The SMILES string of the molecule is Cc1ncnc(NC2CCSC2)c1F. The van der Waals surface area contributed by atoms with Gasteiger partial charge in [-0.05, 0) is 19.1 Å². The summed E-state index contributed by atoms with van der Waals surface area (Å²) in [6.07, 6.45) is 2.47. The molecule has 0 amide bonds. The molecule has 1 aromatic rings. The molecule has 5 heteroatoms. The van der Waals surface area contributed by atoms with Crippen molar-refractivity contribution in [1.29, 1.82) is 0 Å². The van der Waals surface area contributed by atoms with Crippen molar-refractivity contribution in [2.45, 2.75) is 19.4 Å². The summed E-state index contributed by atoms with van der Waals surface area (Å²) >= 11 is 1.88. The van der Waals surface area contributed by atoms with E-state index in [4.69, 9.17) is 0 Å². The van der Waals surface area contributed by atoms with Gasteiger partial charge in [0.05, 0.1) is 5.69 Å². The molecule has 2 rings (SSSR count). The molecule has 1 saturated heterocycles. The zero-order valence-electron chi connectivity index (χ0n) is 7.96. The third-order valence-corrected chi connectivity index (χ3v) is 3.40. The Labute approximate surface area is 86.5 Å². The molecule has 0 aliphatic carbocycles. The van der Waals surface area contributed by atoms with E-state index in [2.05, 4.69) is 15.3 Å². The summed E-state index contributed by atoms with van der Waals surface area (Å²) in [6, 6.07) is 0.351. The van der Waals surface area contributed by atoms with Crippen molar-refractivity contribution >= 4 is 17.6 Å². The van der Waals surface area contributed by atoms with Crippen LogP contribution in [0.5, 0.6) is 0 Å². The van der Waals surface area contributed by atoms with E-state index in [0.717, 1.165) is 17.9 Å². The largest absolute Gasteiger partial charge is 0.364 e. The van der Waals surface area contributed by atoms with Crippen LogP contribution in [0, 0.1) is 12.7 Å². The van der Waals surface area contributed by atoms with Crippen LogP contribution >= 0.6 is 11.8 Å². The number of nitrogens with one attached hydrogen (secondary N) is 1. The van der Waals surface area contributed by atoms with Gasteiger partial charge in [-0.15, -0.1) is 0 Å². The average Bonchev–Trinajstić information content (AvgIpc) is 2.66. The maximum absolute atomic E-state index is 13.5. The Bertz CT molecular complexity index is 326. The average molecular weight is 213 g/mol. The molecule has 1 aromatic heterocycles. The van der Waals surface area contributed by atoms with E-state index in [1.807, 2.05) is 11.8 Å². The van der Waals surface area contributed by atoms with Crippen molar-refractivity contribution in [1.82, 2.24) is 9.97 Å². The minimum Gasteiger partial charge on any atom is -0.364 e. The summed E-state index contributed by atoms with van der Waals surface area (Å²) in [4.78, 5) is 7.68. The van der Waals surface area contributed by atoms with Gasteiger partial charge in [0.1, 0.15) is 6.33 Å². The lowest BCUT2D eigenvalue weighted by Crippen LogP contribution is -2.20. The first kappa shape index (κ1) is 9.71. The number of rotatable bonds is 2. The van der Waals surface area contributed by atoms with E-state index in [0.29, 0.717) is 17.6 Å². The highest BCUT2D eigenvalue weighted by Gasteiger charge is 2.17. The fraction of sp³-hybridized carbons (Fsp3) is 0.556. The summed E-state index contributed by atoms with van der Waals surface area (Å²) in [5, 5.41) is 3.10. The van der Waals surface area contributed by atoms with Crippen LogP contribution < -0.4 is 5.32 Å². The predicted octanol–water partition coefficient (Wildman–Crippen LogP) is 1.84. The molecule has 76 valence electrons. The van der Waals surface area contributed by atoms with Crippen LogP contribution in [-0.4, -0.2) is 27.5 Å². The van der Waals surface area contributed by atoms with E-state index in [-0.39, 0.29) is 5.82 Å². The number of hydrogen-bond donors (Lipinski definition) is 1. The van der Waals surface area contributed by atoms with Crippen molar-refractivity contribution in [3.63, 3.8) is 0 Å². The van der Waals surface area contributed by atoms with Crippen LogP contribution in [0.1, 0.15) is 12.1 Å². The van der Waals surface area contributed by atoms with Gasteiger partial charge >= 0.3 is 0 Å². The Morgan fingerprint density at radius 1 is 1.57 bits per heavy atom. The zero-order chi connectivity index (χ0) is 9.97. The predicted molar refractivity (Wildman–Crippen MR) is 56.1 cm³/mol. The molecule has 2 heterocycles. The summed E-state index contributed by atoms with van der Waals surface area (Å²) in [5.41, 5.74) is 0.396. The molecule has 1 fully saturated rings. The minimum atomic E-state index is -0.329. The molecular formula is C9H12FN3S. The molecule has 3 nitrogen and oxygen atoms in total. The van der Waals surface area contributed by atoms with Crippen LogP contribution in [0.15, 0.2) is 6.33 Å². The van der Waals surface area contributed by atoms with Crippen molar-refractivity contribution in [3.05, 3.63) is 17.8 Å². The second kappa shape index (κ2) is 4.13. The highest BCUT2D eigenvalue weighted by molar-refractivity contribution is 7.99. The molecule has 0 saturated carbocycles. The van der Waals surface area contributed by atoms with E-state index in [1.54, 1.807) is 6.92 Å². The monoisotopic (exact) mass is 213 g/mol. The van der Waals surface area contributed by atoms with Gasteiger partial charge in [0.2, 0.25) is 0 Å². The van der Waals surface area contributed by atoms with Crippen LogP contribution in [0.3, 0.4) is 0 Å². The lowest BCUT2D eigenvalue weighted by Gasteiger charge is -2.12. The fourth-order valence-corrected chi connectivity index (χ4v) is 2.55. The van der Waals surface area contributed by atoms with Gasteiger partial charge in [-0.25, -0.2) is 14.4 Å². The van der Waals surface area contributed by atoms with Crippen molar-refractivity contribution < 1.29 is 4.39 Å². The lowest BCUT2D eigenvalue weighted by molar-refractivity contribution is 0.601. The number of aryl methyl sites for hydroxylation is 1. The third kappa shape index (κ3) is 1.97. The number of aromatic nitrogens is 2. The lowest BCUT2D eigenvalue weighted by atomic mass is 10.2. The maximum atomic E-state index is 13.5. The molecule has 1 aliphatic heterocycles. The summed E-state index contributed by atoms with van der Waals surface area (Å²) < 4.78 is 13.5. The smallest absolute Gasteiger partial charge is 0.186 e. The zero-order valence-corrected chi connectivity index (χ0v) is 8.77. The van der Waals surface area contributed by atoms with Gasteiger partial charge < -0.3 is 5.32 Å². The van der Waals surface area contributed by atoms with Crippen LogP contribution in [0.4, 0.5) is 10.2 Å². The van der Waals surface area contributed by atoms with Crippen molar-refractivity contribution in [2.24, 2.45) is 0 Å². The Balaban J connectivity index is 2.11. The first-order valence-electron chi connectivity index (χ1n) is 4.59. The van der Waals surface area contributed by atoms with E-state index in [9.17, 15) is 4.39 Å². The molecule has 0 aromatic carbocycles. The molecule has 14 heavy (non-hydrogen) atoms. The second-order valence-electron chi connectivity index (χ2n) is 3.33. The second-order valence-corrected chi connectivity index (χ2v) is 4.48. The Morgan fingerprint density at radius 3 is 3.14 bits per heavy atom. The Kier molecular flexibility index (Phi) is 2.86. The molecule has 0 spiro atoms. The molecule has 1 atom stereocenters. The van der Waals surface area contributed by atoms with Gasteiger partial charge in [0, 0.05) is 11.8 Å². The number of nitrogens with zero attached hydrogens (tertiary/aromatic N) is 2. The van der Waals surface area contributed by atoms with Crippen molar-refractivity contribution in [2.75, 3.05) is 16.8 Å². The normalized spacial score (nSPS) is 21.1. The molecule has 0 radical (unpaired) electrons. The summed E-state index contributed by atoms with van der Waals surface area (Å²) in [7, 11) is 0. The molecular weight excluding hydrogens is 201 g/mol. The van der Waals surface area contributed by atoms with E-state index in [1.165, 1.54) is 6.33 Å². The number of hydrogen-bond acceptors (Lipinski definition) is 4. The highest BCUT2D eigenvalue weighted by atomic mass is 32.2. The standard InChI is InChI=1S/C9H12FN3S/c1-6-8(10)9(12-5-11-6)13-7-2-3-14-4-7/h5,7H,2-4H2,1H3,(H,11,12,13). The molecule has 1 N–H and O–H groups in total. The number of anilines is 1. The highest BCUT2D eigenvalue weighted by Crippen LogP contribution is 2.21. The first-order chi connectivity index (χ1) is 6.77. The van der Waals surface area contributed by atoms with Crippen LogP contribution in [0.25, 0.3) is 0 Å². The van der Waals surface area contributed by atoms with Gasteiger partial charge in [-0.3, -0.25) is 0 Å². The topological polar surface area (TPSA) is 37.8 Å². The summed E-state index contributed by atoms with van der Waals surface area (Å²) in [6.45, 7) is 1.64. The molecule has 1 aliphatic rings. The van der Waals surface area contributed by atoms with Crippen LogP contribution in [-0.2, 0) is 0 Å². The fourth-order valence-electron chi connectivity index (χ4n) is 1.40. The van der Waals surface area contributed by atoms with Gasteiger partial charge in [0.25, 0.3) is 0 Å². The Morgan fingerprint density at radius 2 is 2.43 bits per heavy atom. The summed E-state index contributed by atoms with van der Waals surface area (Å²) in [5.74, 6) is 2.18. The van der Waals surface area contributed by atoms with E-state index < -0.39 is 0 Å². The minimum absolute atomic E-state index is 0.329. The quantitative estimate of drug-likeness (QED) is 0.813. The number of halogens is 1.